The van der Waals surface area contributed by atoms with Crippen LogP contribution in [0.1, 0.15) is 18.1 Å². The van der Waals surface area contributed by atoms with Crippen LogP contribution in [0.15, 0.2) is 48.5 Å². The molecule has 0 aromatic heterocycles. The van der Waals surface area contributed by atoms with Crippen LogP contribution in [-0.2, 0) is 14.8 Å². The fourth-order valence-electron chi connectivity index (χ4n) is 2.70. The van der Waals surface area contributed by atoms with Crippen LogP contribution in [0.5, 0.6) is 5.75 Å². The summed E-state index contributed by atoms with van der Waals surface area (Å²) in [5, 5.41) is 2.74. The highest BCUT2D eigenvalue weighted by molar-refractivity contribution is 7.92. The van der Waals surface area contributed by atoms with Crippen molar-refractivity contribution in [3.63, 3.8) is 0 Å². The van der Waals surface area contributed by atoms with E-state index in [9.17, 15) is 13.2 Å². The maximum atomic E-state index is 12.5. The molecule has 1 amide bonds. The average molecular weight is 391 g/mol. The Morgan fingerprint density at radius 1 is 1.11 bits per heavy atom. The number of sulfonamides is 1. The van der Waals surface area contributed by atoms with Crippen molar-refractivity contribution in [2.45, 2.75) is 26.8 Å². The monoisotopic (exact) mass is 390 g/mol. The first-order chi connectivity index (χ1) is 12.7. The third kappa shape index (κ3) is 5.72. The van der Waals surface area contributed by atoms with Gasteiger partial charge in [-0.15, -0.1) is 0 Å². The lowest BCUT2D eigenvalue weighted by atomic mass is 10.2. The summed E-state index contributed by atoms with van der Waals surface area (Å²) in [6.07, 6.45) is 1.10. The van der Waals surface area contributed by atoms with Gasteiger partial charge in [-0.05, 0) is 44.5 Å². The van der Waals surface area contributed by atoms with Crippen molar-refractivity contribution in [3.05, 3.63) is 59.7 Å². The summed E-state index contributed by atoms with van der Waals surface area (Å²) in [6, 6.07) is 13.8. The van der Waals surface area contributed by atoms with E-state index in [1.807, 2.05) is 50.2 Å². The van der Waals surface area contributed by atoms with Gasteiger partial charge in [0.25, 0.3) is 0 Å². The highest BCUT2D eigenvalue weighted by atomic mass is 32.2. The first-order valence-corrected chi connectivity index (χ1v) is 10.6. The maximum absolute atomic E-state index is 12.5. The number of rotatable bonds is 8. The lowest BCUT2D eigenvalue weighted by molar-refractivity contribution is -0.121. The number of amides is 1. The molecule has 2 aromatic rings. The number of hydrogen-bond donors (Lipinski definition) is 1. The average Bonchev–Trinajstić information content (AvgIpc) is 2.60. The van der Waals surface area contributed by atoms with Crippen LogP contribution in [0.4, 0.5) is 5.69 Å². The lowest BCUT2D eigenvalue weighted by Gasteiger charge is -2.28. The molecule has 6 nitrogen and oxygen atoms in total. The van der Waals surface area contributed by atoms with E-state index in [1.54, 1.807) is 19.1 Å². The topological polar surface area (TPSA) is 75.7 Å². The number of ether oxygens (including phenoxy) is 1. The smallest absolute Gasteiger partial charge is 0.243 e. The molecule has 0 radical (unpaired) electrons. The minimum Gasteiger partial charge on any atom is -0.491 e. The quantitative estimate of drug-likeness (QED) is 0.703. The van der Waals surface area contributed by atoms with Crippen LogP contribution in [0.3, 0.4) is 0 Å². The number of anilines is 1. The first kappa shape index (κ1) is 20.8. The molecule has 2 rings (SSSR count). The minimum absolute atomic E-state index is 0.281. The van der Waals surface area contributed by atoms with Gasteiger partial charge in [0.15, 0.2) is 0 Å². The third-order valence-electron chi connectivity index (χ3n) is 4.13. The van der Waals surface area contributed by atoms with Gasteiger partial charge in [0.05, 0.1) is 18.5 Å². The number of carbonyl (C=O) groups excluding carboxylic acids is 1. The zero-order valence-corrected chi connectivity index (χ0v) is 16.9. The van der Waals surface area contributed by atoms with Crippen LogP contribution < -0.4 is 14.4 Å². The number of hydrogen-bond acceptors (Lipinski definition) is 4. The zero-order valence-electron chi connectivity index (χ0n) is 16.1. The van der Waals surface area contributed by atoms with Gasteiger partial charge in [-0.1, -0.05) is 35.9 Å². The van der Waals surface area contributed by atoms with E-state index in [2.05, 4.69) is 5.32 Å². The second-order valence-electron chi connectivity index (χ2n) is 6.48. The summed E-state index contributed by atoms with van der Waals surface area (Å²) in [6.45, 7) is 6.01. The van der Waals surface area contributed by atoms with Gasteiger partial charge in [0.1, 0.15) is 18.4 Å². The normalized spacial score (nSPS) is 12.3. The molecule has 0 aliphatic heterocycles. The molecule has 1 atom stereocenters. The predicted molar refractivity (Wildman–Crippen MR) is 108 cm³/mol. The summed E-state index contributed by atoms with van der Waals surface area (Å²) >= 11 is 0. The molecule has 0 fully saturated rings. The molecule has 0 heterocycles. The summed E-state index contributed by atoms with van der Waals surface area (Å²) < 4.78 is 31.2. The molecule has 0 saturated carbocycles. The van der Waals surface area contributed by atoms with Gasteiger partial charge in [-0.25, -0.2) is 8.42 Å². The van der Waals surface area contributed by atoms with Crippen molar-refractivity contribution in [1.29, 1.82) is 0 Å². The van der Waals surface area contributed by atoms with Crippen LogP contribution in [0.2, 0.25) is 0 Å². The van der Waals surface area contributed by atoms with Crippen LogP contribution in [-0.4, -0.2) is 39.8 Å². The molecule has 146 valence electrons. The van der Waals surface area contributed by atoms with Gasteiger partial charge in [0.2, 0.25) is 15.9 Å². The molecule has 7 heteroatoms. The molecular weight excluding hydrogens is 364 g/mol. The highest BCUT2D eigenvalue weighted by Crippen LogP contribution is 2.21. The Kier molecular flexibility index (Phi) is 6.85. The standard InChI is InChI=1S/C20H26N2O4S/c1-15-9-11-18(12-10-15)22(27(4,24)25)17(3)20(23)21-13-14-26-19-8-6-5-7-16(19)2/h5-12,17H,13-14H2,1-4H3,(H,21,23)/t17-/m1/s1. The molecule has 2 aromatic carbocycles. The Morgan fingerprint density at radius 2 is 1.74 bits per heavy atom. The summed E-state index contributed by atoms with van der Waals surface area (Å²) in [7, 11) is -3.61. The SMILES string of the molecule is Cc1ccc(N([C@H](C)C(=O)NCCOc2ccccc2C)S(C)(=O)=O)cc1. The van der Waals surface area contributed by atoms with Crippen molar-refractivity contribution in [3.8, 4) is 5.75 Å². The molecule has 0 aliphatic carbocycles. The van der Waals surface area contributed by atoms with Crippen LogP contribution in [0, 0.1) is 13.8 Å². The molecule has 27 heavy (non-hydrogen) atoms. The Bertz CT molecular complexity index is 879. The molecule has 0 aliphatic rings. The number of nitrogens with zero attached hydrogens (tertiary/aromatic N) is 1. The van der Waals surface area contributed by atoms with Crippen LogP contribution in [0.25, 0.3) is 0 Å². The summed E-state index contributed by atoms with van der Waals surface area (Å²) in [5.41, 5.74) is 2.49. The minimum atomic E-state index is -3.61. The molecule has 1 N–H and O–H groups in total. The van der Waals surface area contributed by atoms with E-state index in [1.165, 1.54) is 0 Å². The van der Waals surface area contributed by atoms with E-state index >= 15 is 0 Å². The van der Waals surface area contributed by atoms with E-state index in [0.717, 1.165) is 27.4 Å². The first-order valence-electron chi connectivity index (χ1n) is 8.72. The zero-order chi connectivity index (χ0) is 20.0. The fourth-order valence-corrected chi connectivity index (χ4v) is 3.88. The second-order valence-corrected chi connectivity index (χ2v) is 8.33. The predicted octanol–water partition coefficient (Wildman–Crippen LogP) is 2.65. The van der Waals surface area contributed by atoms with Crippen molar-refractivity contribution in [1.82, 2.24) is 5.32 Å². The van der Waals surface area contributed by atoms with Crippen molar-refractivity contribution < 1.29 is 17.9 Å². The molecule has 0 spiro atoms. The van der Waals surface area contributed by atoms with Crippen molar-refractivity contribution in [2.24, 2.45) is 0 Å². The molecular formula is C20H26N2O4S. The van der Waals surface area contributed by atoms with E-state index < -0.39 is 16.1 Å². The molecule has 0 saturated heterocycles. The van der Waals surface area contributed by atoms with Gasteiger partial charge < -0.3 is 10.1 Å². The van der Waals surface area contributed by atoms with Crippen molar-refractivity contribution in [2.75, 3.05) is 23.7 Å². The van der Waals surface area contributed by atoms with Gasteiger partial charge in [-0.2, -0.15) is 0 Å². The number of benzene rings is 2. The lowest BCUT2D eigenvalue weighted by Crippen LogP contribution is -2.48. The maximum Gasteiger partial charge on any atom is 0.243 e. The van der Waals surface area contributed by atoms with Gasteiger partial charge in [0, 0.05) is 0 Å². The number of aryl methyl sites for hydroxylation is 2. The van der Waals surface area contributed by atoms with E-state index in [-0.39, 0.29) is 12.5 Å². The Labute approximate surface area is 161 Å². The summed E-state index contributed by atoms with van der Waals surface area (Å²) in [5.74, 6) is 0.381. The summed E-state index contributed by atoms with van der Waals surface area (Å²) in [4.78, 5) is 12.5. The Balaban J connectivity index is 1.98. The van der Waals surface area contributed by atoms with Gasteiger partial charge in [-0.3, -0.25) is 9.10 Å². The Hall–Kier alpha value is -2.54. The van der Waals surface area contributed by atoms with E-state index in [0.29, 0.717) is 12.3 Å². The number of nitrogens with one attached hydrogen (secondary N) is 1. The second kappa shape index (κ2) is 8.90. The fraction of sp³-hybridized carbons (Fsp3) is 0.350. The third-order valence-corrected chi connectivity index (χ3v) is 5.37. The van der Waals surface area contributed by atoms with Gasteiger partial charge >= 0.3 is 0 Å². The number of para-hydroxylation sites is 1. The highest BCUT2D eigenvalue weighted by Gasteiger charge is 2.28. The largest absolute Gasteiger partial charge is 0.491 e. The van der Waals surface area contributed by atoms with E-state index in [4.69, 9.17) is 4.74 Å². The Morgan fingerprint density at radius 3 is 2.33 bits per heavy atom. The number of carbonyl (C=O) groups is 1. The molecule has 0 bridgehead atoms. The van der Waals surface area contributed by atoms with Crippen LogP contribution >= 0.6 is 0 Å². The van der Waals surface area contributed by atoms with Crippen molar-refractivity contribution >= 4 is 21.6 Å². The molecule has 0 unspecified atom stereocenters.